The molecule has 2 aromatic heterocycles. The molecule has 2 heterocycles. The second-order valence-electron chi connectivity index (χ2n) is 6.08. The van der Waals surface area contributed by atoms with Crippen LogP contribution in [-0.4, -0.2) is 9.38 Å². The number of hydrogen-bond acceptors (Lipinski definition) is 3. The van der Waals surface area contributed by atoms with Crippen LogP contribution in [-0.2, 0) is 0 Å². The van der Waals surface area contributed by atoms with E-state index in [2.05, 4.69) is 30.2 Å². The van der Waals surface area contributed by atoms with E-state index >= 15 is 0 Å². The van der Waals surface area contributed by atoms with Crippen LogP contribution in [0.3, 0.4) is 0 Å². The van der Waals surface area contributed by atoms with Gasteiger partial charge in [0.25, 0.3) is 0 Å². The molecule has 0 saturated heterocycles. The number of fused-ring (bicyclic) bond motifs is 1. The molecule has 0 spiro atoms. The van der Waals surface area contributed by atoms with Gasteiger partial charge in [0, 0.05) is 29.7 Å². The lowest BCUT2D eigenvalue weighted by molar-refractivity contribution is 1.17. The molecule has 4 rings (SSSR count). The molecule has 0 aliphatic rings. The number of pyridine rings is 1. The fourth-order valence-corrected chi connectivity index (χ4v) is 3.25. The minimum Gasteiger partial charge on any atom is -0.306 e. The molecule has 4 aromatic rings. The summed E-state index contributed by atoms with van der Waals surface area (Å²) < 4.78 is 2.01. The van der Waals surface area contributed by atoms with Gasteiger partial charge in [-0.3, -0.25) is 0 Å². The average molecular weight is 334 g/mol. The molecule has 26 heavy (non-hydrogen) atoms. The zero-order chi connectivity index (χ0) is 18.1. The molecule has 0 N–H and O–H groups in total. The van der Waals surface area contributed by atoms with E-state index in [1.807, 2.05) is 59.1 Å². The number of imidazole rings is 1. The SMILES string of the molecule is Cc1c(-c2ccc(C#N)cc2)c(-c2ccc(C#N)cc2)cn2ccnc12. The molecule has 0 saturated carbocycles. The first kappa shape index (κ1) is 15.6. The van der Waals surface area contributed by atoms with Crippen molar-refractivity contribution < 1.29 is 0 Å². The number of hydrogen-bond donors (Lipinski definition) is 0. The molecule has 0 fully saturated rings. The predicted octanol–water partition coefficient (Wildman–Crippen LogP) is 4.72. The lowest BCUT2D eigenvalue weighted by atomic mass is 9.92. The maximum absolute atomic E-state index is 9.06. The van der Waals surface area contributed by atoms with Crippen LogP contribution in [0.1, 0.15) is 16.7 Å². The number of nitriles is 2. The van der Waals surface area contributed by atoms with Gasteiger partial charge in [-0.2, -0.15) is 10.5 Å². The van der Waals surface area contributed by atoms with E-state index in [4.69, 9.17) is 10.5 Å². The number of nitrogens with zero attached hydrogens (tertiary/aromatic N) is 4. The quantitative estimate of drug-likeness (QED) is 0.533. The van der Waals surface area contributed by atoms with Crippen molar-refractivity contribution in [3.8, 4) is 34.4 Å². The summed E-state index contributed by atoms with van der Waals surface area (Å²) in [6.07, 6.45) is 5.77. The minimum absolute atomic E-state index is 0.633. The second kappa shape index (κ2) is 6.20. The maximum Gasteiger partial charge on any atom is 0.140 e. The Bertz CT molecular complexity index is 1180. The molecule has 0 unspecified atom stereocenters. The van der Waals surface area contributed by atoms with Crippen molar-refractivity contribution >= 4 is 5.65 Å². The molecule has 0 aliphatic carbocycles. The summed E-state index contributed by atoms with van der Waals surface area (Å²) in [7, 11) is 0. The molecule has 2 aromatic carbocycles. The summed E-state index contributed by atoms with van der Waals surface area (Å²) in [5.41, 5.74) is 7.44. The van der Waals surface area contributed by atoms with Gasteiger partial charge >= 0.3 is 0 Å². The lowest BCUT2D eigenvalue weighted by Crippen LogP contribution is -1.96. The number of benzene rings is 2. The fraction of sp³-hybridized carbons (Fsp3) is 0.0455. The molecule has 4 nitrogen and oxygen atoms in total. The summed E-state index contributed by atoms with van der Waals surface area (Å²) in [6, 6.07) is 19.5. The molecular formula is C22H14N4. The zero-order valence-electron chi connectivity index (χ0n) is 14.1. The van der Waals surface area contributed by atoms with E-state index in [0.29, 0.717) is 11.1 Å². The van der Waals surface area contributed by atoms with Crippen molar-refractivity contribution in [2.45, 2.75) is 6.92 Å². The first-order valence-corrected chi connectivity index (χ1v) is 8.18. The number of rotatable bonds is 2. The third-order valence-electron chi connectivity index (χ3n) is 4.54. The normalized spacial score (nSPS) is 10.4. The van der Waals surface area contributed by atoms with Crippen LogP contribution in [0.5, 0.6) is 0 Å². The van der Waals surface area contributed by atoms with Crippen molar-refractivity contribution in [3.05, 3.63) is 83.8 Å². The first-order chi connectivity index (χ1) is 12.7. The minimum atomic E-state index is 0.633. The van der Waals surface area contributed by atoms with Crippen LogP contribution in [0.2, 0.25) is 0 Å². The largest absolute Gasteiger partial charge is 0.306 e. The molecular weight excluding hydrogens is 320 g/mol. The van der Waals surface area contributed by atoms with E-state index < -0.39 is 0 Å². The smallest absolute Gasteiger partial charge is 0.140 e. The summed E-state index contributed by atoms with van der Waals surface area (Å²) >= 11 is 0. The van der Waals surface area contributed by atoms with Gasteiger partial charge < -0.3 is 4.40 Å². The average Bonchev–Trinajstić information content (AvgIpc) is 3.17. The van der Waals surface area contributed by atoms with E-state index in [1.165, 1.54) is 0 Å². The van der Waals surface area contributed by atoms with Gasteiger partial charge in [0.2, 0.25) is 0 Å². The Kier molecular flexibility index (Phi) is 3.73. The monoisotopic (exact) mass is 334 g/mol. The molecule has 122 valence electrons. The molecule has 0 bridgehead atoms. The molecule has 4 heteroatoms. The molecule has 0 atom stereocenters. The summed E-state index contributed by atoms with van der Waals surface area (Å²) in [5, 5.41) is 18.1. The molecule has 0 aliphatic heterocycles. The van der Waals surface area contributed by atoms with Crippen molar-refractivity contribution in [3.63, 3.8) is 0 Å². The first-order valence-electron chi connectivity index (χ1n) is 8.18. The Balaban J connectivity index is 2.00. The van der Waals surface area contributed by atoms with Crippen LogP contribution >= 0.6 is 0 Å². The third kappa shape index (κ3) is 2.51. The third-order valence-corrected chi connectivity index (χ3v) is 4.54. The van der Waals surface area contributed by atoms with E-state index in [1.54, 1.807) is 6.20 Å². The van der Waals surface area contributed by atoms with E-state index in [9.17, 15) is 0 Å². The standard InChI is InChI=1S/C22H14N4/c1-15-21(19-8-4-17(13-24)5-9-19)20(14-26-11-10-25-22(15)26)18-6-2-16(12-23)3-7-18/h2-11,14H,1H3. The predicted molar refractivity (Wildman–Crippen MR) is 100 cm³/mol. The van der Waals surface area contributed by atoms with Gasteiger partial charge in [0.05, 0.1) is 23.3 Å². The van der Waals surface area contributed by atoms with Crippen LogP contribution < -0.4 is 0 Å². The zero-order valence-corrected chi connectivity index (χ0v) is 14.1. The Hall–Kier alpha value is -3.89. The van der Waals surface area contributed by atoms with Gasteiger partial charge in [0.15, 0.2) is 0 Å². The highest BCUT2D eigenvalue weighted by Crippen LogP contribution is 2.36. The topological polar surface area (TPSA) is 64.9 Å². The lowest BCUT2D eigenvalue weighted by Gasteiger charge is -2.15. The second-order valence-corrected chi connectivity index (χ2v) is 6.08. The van der Waals surface area contributed by atoms with Crippen molar-refractivity contribution in [1.82, 2.24) is 9.38 Å². The van der Waals surface area contributed by atoms with Gasteiger partial charge in [-0.15, -0.1) is 0 Å². The van der Waals surface area contributed by atoms with Crippen molar-refractivity contribution in [1.29, 1.82) is 10.5 Å². The van der Waals surface area contributed by atoms with Crippen LogP contribution in [0.4, 0.5) is 0 Å². The molecule has 0 radical (unpaired) electrons. The Labute approximate surface area is 151 Å². The van der Waals surface area contributed by atoms with Gasteiger partial charge in [-0.1, -0.05) is 24.3 Å². The maximum atomic E-state index is 9.06. The summed E-state index contributed by atoms with van der Waals surface area (Å²) in [6.45, 7) is 2.06. The number of aromatic nitrogens is 2. The van der Waals surface area contributed by atoms with Crippen molar-refractivity contribution in [2.75, 3.05) is 0 Å². The fourth-order valence-electron chi connectivity index (χ4n) is 3.25. The van der Waals surface area contributed by atoms with E-state index in [0.717, 1.165) is 33.5 Å². The van der Waals surface area contributed by atoms with Gasteiger partial charge in [-0.05, 0) is 47.9 Å². The summed E-state index contributed by atoms with van der Waals surface area (Å²) in [5.74, 6) is 0. The highest BCUT2D eigenvalue weighted by atomic mass is 15.0. The molecule has 0 amide bonds. The Morgan fingerprint density at radius 3 is 2.00 bits per heavy atom. The number of aryl methyl sites for hydroxylation is 1. The van der Waals surface area contributed by atoms with Gasteiger partial charge in [-0.25, -0.2) is 4.98 Å². The Morgan fingerprint density at radius 2 is 1.42 bits per heavy atom. The van der Waals surface area contributed by atoms with Crippen molar-refractivity contribution in [2.24, 2.45) is 0 Å². The summed E-state index contributed by atoms with van der Waals surface area (Å²) in [4.78, 5) is 4.47. The van der Waals surface area contributed by atoms with Crippen LogP contribution in [0.15, 0.2) is 67.1 Å². The Morgan fingerprint density at radius 1 is 0.846 bits per heavy atom. The van der Waals surface area contributed by atoms with Gasteiger partial charge in [0.1, 0.15) is 5.65 Å². The van der Waals surface area contributed by atoms with E-state index in [-0.39, 0.29) is 0 Å². The highest BCUT2D eigenvalue weighted by Gasteiger charge is 2.15. The van der Waals surface area contributed by atoms with Crippen LogP contribution in [0.25, 0.3) is 27.9 Å². The van der Waals surface area contributed by atoms with Crippen LogP contribution in [0, 0.1) is 29.6 Å². The highest BCUT2D eigenvalue weighted by molar-refractivity contribution is 5.88.